The Kier molecular flexibility index (Phi) is 6.59. The van der Waals surface area contributed by atoms with E-state index in [1.54, 1.807) is 6.07 Å². The molecule has 1 aromatic carbocycles. The largest absolute Gasteiger partial charge is 0.303 e. The highest BCUT2D eigenvalue weighted by molar-refractivity contribution is 6.42. The molecule has 24 heavy (non-hydrogen) atoms. The van der Waals surface area contributed by atoms with E-state index in [2.05, 4.69) is 16.1 Å². The van der Waals surface area contributed by atoms with Crippen molar-refractivity contribution in [2.75, 3.05) is 19.6 Å². The Balaban J connectivity index is 1.41. The molecule has 130 valence electrons. The molecule has 3 nitrogen and oxygen atoms in total. The number of hydrogen-bond donors (Lipinski definition) is 0. The predicted octanol–water partition coefficient (Wildman–Crippen LogP) is 5.38. The standard InChI is InChI=1S/C19H25Cl2N3/c20-18-9-8-17(15-19(18)21)24-14-10-16(22-24)7-3-1-4-11-23-12-5-2-6-13-23/h8-10,14-15H,1-7,11-13H2. The highest BCUT2D eigenvalue weighted by Gasteiger charge is 2.09. The van der Waals surface area contributed by atoms with Gasteiger partial charge in [0.1, 0.15) is 0 Å². The summed E-state index contributed by atoms with van der Waals surface area (Å²) in [6.45, 7) is 3.86. The molecule has 0 amide bonds. The number of piperidine rings is 1. The van der Waals surface area contributed by atoms with Crippen LogP contribution in [0.2, 0.25) is 10.0 Å². The van der Waals surface area contributed by atoms with Crippen LogP contribution in [-0.2, 0) is 6.42 Å². The van der Waals surface area contributed by atoms with Crippen molar-refractivity contribution in [3.8, 4) is 5.69 Å². The van der Waals surface area contributed by atoms with Gasteiger partial charge in [0.2, 0.25) is 0 Å². The molecule has 5 heteroatoms. The fraction of sp³-hybridized carbons (Fsp3) is 0.526. The number of rotatable bonds is 7. The summed E-state index contributed by atoms with van der Waals surface area (Å²) >= 11 is 12.0. The molecule has 0 atom stereocenters. The van der Waals surface area contributed by atoms with Crippen LogP contribution in [0.5, 0.6) is 0 Å². The third-order valence-electron chi connectivity index (χ3n) is 4.67. The SMILES string of the molecule is Clc1ccc(-n2ccc(CCCCCN3CCCCC3)n2)cc1Cl. The average Bonchev–Trinajstić information content (AvgIpc) is 3.07. The summed E-state index contributed by atoms with van der Waals surface area (Å²) in [7, 11) is 0. The van der Waals surface area contributed by atoms with Crippen LogP contribution in [0.4, 0.5) is 0 Å². The second kappa shape index (κ2) is 8.89. The van der Waals surface area contributed by atoms with Gasteiger partial charge in [-0.15, -0.1) is 0 Å². The molecule has 0 spiro atoms. The van der Waals surface area contributed by atoms with Crippen LogP contribution in [-0.4, -0.2) is 34.3 Å². The van der Waals surface area contributed by atoms with Crippen LogP contribution in [0.3, 0.4) is 0 Å². The van der Waals surface area contributed by atoms with Crippen molar-refractivity contribution in [3.05, 3.63) is 46.2 Å². The first kappa shape index (κ1) is 17.8. The molecule has 0 bridgehead atoms. The lowest BCUT2D eigenvalue weighted by Gasteiger charge is -2.26. The monoisotopic (exact) mass is 365 g/mol. The quantitative estimate of drug-likeness (QED) is 0.614. The molecular weight excluding hydrogens is 341 g/mol. The van der Waals surface area contributed by atoms with E-state index < -0.39 is 0 Å². The van der Waals surface area contributed by atoms with E-state index >= 15 is 0 Å². The van der Waals surface area contributed by atoms with Gasteiger partial charge in [0.25, 0.3) is 0 Å². The summed E-state index contributed by atoms with van der Waals surface area (Å²) < 4.78 is 1.87. The van der Waals surface area contributed by atoms with Gasteiger partial charge in [-0.2, -0.15) is 5.10 Å². The second-order valence-electron chi connectivity index (χ2n) is 6.56. The Morgan fingerprint density at radius 2 is 1.75 bits per heavy atom. The highest BCUT2D eigenvalue weighted by atomic mass is 35.5. The van der Waals surface area contributed by atoms with Crippen LogP contribution < -0.4 is 0 Å². The van der Waals surface area contributed by atoms with E-state index in [0.717, 1.165) is 17.8 Å². The van der Waals surface area contributed by atoms with E-state index in [9.17, 15) is 0 Å². The third kappa shape index (κ3) is 4.98. The van der Waals surface area contributed by atoms with Crippen molar-refractivity contribution in [1.82, 2.24) is 14.7 Å². The Morgan fingerprint density at radius 1 is 0.917 bits per heavy atom. The van der Waals surface area contributed by atoms with Gasteiger partial charge >= 0.3 is 0 Å². The minimum atomic E-state index is 0.559. The van der Waals surface area contributed by atoms with Gasteiger partial charge in [-0.1, -0.05) is 36.0 Å². The van der Waals surface area contributed by atoms with Gasteiger partial charge in [-0.05, 0) is 76.0 Å². The summed E-state index contributed by atoms with van der Waals surface area (Å²) in [5.41, 5.74) is 2.08. The van der Waals surface area contributed by atoms with Gasteiger partial charge in [-0.3, -0.25) is 0 Å². The molecule has 3 rings (SSSR count). The number of halogens is 2. The van der Waals surface area contributed by atoms with E-state index in [0.29, 0.717) is 10.0 Å². The van der Waals surface area contributed by atoms with Crippen LogP contribution >= 0.6 is 23.2 Å². The molecule has 1 saturated heterocycles. The lowest BCUT2D eigenvalue weighted by atomic mass is 10.1. The number of aromatic nitrogens is 2. The second-order valence-corrected chi connectivity index (χ2v) is 7.38. The maximum absolute atomic E-state index is 6.08. The molecule has 0 unspecified atom stereocenters. The number of hydrogen-bond acceptors (Lipinski definition) is 2. The van der Waals surface area contributed by atoms with Crippen LogP contribution in [0, 0.1) is 0 Å². The Hall–Kier alpha value is -1.03. The van der Waals surface area contributed by atoms with Crippen molar-refractivity contribution in [3.63, 3.8) is 0 Å². The smallest absolute Gasteiger partial charge is 0.0661 e. The lowest BCUT2D eigenvalue weighted by Crippen LogP contribution is -2.30. The predicted molar refractivity (Wildman–Crippen MR) is 101 cm³/mol. The van der Waals surface area contributed by atoms with E-state index in [4.69, 9.17) is 23.2 Å². The molecule has 0 N–H and O–H groups in total. The zero-order chi connectivity index (χ0) is 16.8. The molecule has 2 aromatic rings. The summed E-state index contributed by atoms with van der Waals surface area (Å²) in [5, 5.41) is 5.77. The summed E-state index contributed by atoms with van der Waals surface area (Å²) in [4.78, 5) is 2.61. The molecular formula is C19H25Cl2N3. The Morgan fingerprint density at radius 3 is 2.54 bits per heavy atom. The van der Waals surface area contributed by atoms with Gasteiger partial charge in [0.05, 0.1) is 21.4 Å². The number of benzene rings is 1. The van der Waals surface area contributed by atoms with E-state index in [1.807, 2.05) is 23.0 Å². The van der Waals surface area contributed by atoms with Gasteiger partial charge in [0.15, 0.2) is 0 Å². The highest BCUT2D eigenvalue weighted by Crippen LogP contribution is 2.24. The molecule has 0 aliphatic carbocycles. The van der Waals surface area contributed by atoms with Crippen molar-refractivity contribution < 1.29 is 0 Å². The number of nitrogens with zero attached hydrogens (tertiary/aromatic N) is 3. The first-order chi connectivity index (χ1) is 11.7. The van der Waals surface area contributed by atoms with Gasteiger partial charge in [-0.25, -0.2) is 4.68 Å². The summed E-state index contributed by atoms with van der Waals surface area (Å²) in [6, 6.07) is 7.68. The average molecular weight is 366 g/mol. The normalized spacial score (nSPS) is 15.8. The van der Waals surface area contributed by atoms with Crippen LogP contribution in [0.1, 0.15) is 44.2 Å². The first-order valence-electron chi connectivity index (χ1n) is 8.95. The van der Waals surface area contributed by atoms with Gasteiger partial charge in [0, 0.05) is 6.20 Å². The minimum Gasteiger partial charge on any atom is -0.303 e. The van der Waals surface area contributed by atoms with Gasteiger partial charge < -0.3 is 4.90 Å². The molecule has 1 aliphatic rings. The van der Waals surface area contributed by atoms with Crippen molar-refractivity contribution in [1.29, 1.82) is 0 Å². The number of likely N-dealkylation sites (tertiary alicyclic amines) is 1. The fourth-order valence-electron chi connectivity index (χ4n) is 3.27. The molecule has 1 aliphatic heterocycles. The summed E-state index contributed by atoms with van der Waals surface area (Å²) in [6.07, 6.45) is 11.0. The van der Waals surface area contributed by atoms with E-state index in [-0.39, 0.29) is 0 Å². The lowest BCUT2D eigenvalue weighted by molar-refractivity contribution is 0.224. The van der Waals surface area contributed by atoms with Crippen LogP contribution in [0.25, 0.3) is 5.69 Å². The zero-order valence-corrected chi connectivity index (χ0v) is 15.6. The summed E-state index contributed by atoms with van der Waals surface area (Å²) in [5.74, 6) is 0. The van der Waals surface area contributed by atoms with Crippen molar-refractivity contribution in [2.45, 2.75) is 44.9 Å². The Bertz CT molecular complexity index is 648. The fourth-order valence-corrected chi connectivity index (χ4v) is 3.56. The minimum absolute atomic E-state index is 0.559. The molecule has 0 saturated carbocycles. The molecule has 0 radical (unpaired) electrons. The number of unbranched alkanes of at least 4 members (excludes halogenated alkanes) is 2. The van der Waals surface area contributed by atoms with E-state index in [1.165, 1.54) is 58.2 Å². The topological polar surface area (TPSA) is 21.1 Å². The first-order valence-corrected chi connectivity index (χ1v) is 9.70. The molecule has 2 heterocycles. The third-order valence-corrected chi connectivity index (χ3v) is 5.41. The van der Waals surface area contributed by atoms with Crippen molar-refractivity contribution in [2.24, 2.45) is 0 Å². The van der Waals surface area contributed by atoms with Crippen LogP contribution in [0.15, 0.2) is 30.5 Å². The van der Waals surface area contributed by atoms with Crippen molar-refractivity contribution >= 4 is 23.2 Å². The Labute approximate surface area is 154 Å². The maximum atomic E-state index is 6.08. The molecule has 1 fully saturated rings. The zero-order valence-electron chi connectivity index (χ0n) is 14.1. The molecule has 1 aromatic heterocycles. The maximum Gasteiger partial charge on any atom is 0.0661 e. The number of aryl methyl sites for hydroxylation is 1.